The third kappa shape index (κ3) is 13.1. The fraction of sp³-hybridized carbons (Fsp3) is 1.00. The van der Waals surface area contributed by atoms with Gasteiger partial charge in [0.25, 0.3) is 0 Å². The van der Waals surface area contributed by atoms with Crippen LogP contribution >= 0.6 is 46.4 Å². The Morgan fingerprint density at radius 2 is 1.14 bits per heavy atom. The summed E-state index contributed by atoms with van der Waals surface area (Å²) in [6.07, 6.45) is 2.78. The van der Waals surface area contributed by atoms with E-state index in [0.29, 0.717) is 0 Å². The zero-order valence-electron chi connectivity index (χ0n) is 8.29. The van der Waals surface area contributed by atoms with E-state index in [-0.39, 0.29) is 46.4 Å². The first-order valence-electron chi connectivity index (χ1n) is 4.49. The third-order valence-corrected chi connectivity index (χ3v) is 1.80. The predicted octanol–water partition coefficient (Wildman–Crippen LogP) is 1.55. The second-order valence-electron chi connectivity index (χ2n) is 2.82. The average Bonchev–Trinajstić information content (AvgIpc) is 2.64. The Morgan fingerprint density at radius 1 is 0.714 bits per heavy atom. The zero-order valence-corrected chi connectivity index (χ0v) is 12.5. The van der Waals surface area contributed by atoms with Crippen LogP contribution in [0.15, 0.2) is 0 Å². The first-order valence-corrected chi connectivity index (χ1v) is 4.49. The van der Waals surface area contributed by atoms with E-state index in [4.69, 9.17) is 4.74 Å². The number of rotatable bonds is 0. The van der Waals surface area contributed by atoms with E-state index in [1.807, 2.05) is 0 Å². The lowest BCUT2D eigenvalue weighted by molar-refractivity contribution is 0.109. The molecule has 0 aromatic rings. The van der Waals surface area contributed by atoms with Gasteiger partial charge in [-0.15, -0.1) is 46.4 Å². The zero-order chi connectivity index (χ0) is 7.78. The topological polar surface area (TPSA) is 33.3 Å². The molecule has 2 aliphatic heterocycles. The SMILES string of the molecule is Br.Br.C1CCNC1.C1COCCN1.Cl. The van der Waals surface area contributed by atoms with Crippen LogP contribution in [0, 0.1) is 0 Å². The van der Waals surface area contributed by atoms with E-state index in [0.717, 1.165) is 26.3 Å². The lowest BCUT2D eigenvalue weighted by Crippen LogP contribution is -2.30. The van der Waals surface area contributed by atoms with E-state index in [2.05, 4.69) is 10.6 Å². The summed E-state index contributed by atoms with van der Waals surface area (Å²) in [7, 11) is 0. The summed E-state index contributed by atoms with van der Waals surface area (Å²) in [5.41, 5.74) is 0. The summed E-state index contributed by atoms with van der Waals surface area (Å²) in [6, 6.07) is 0. The summed E-state index contributed by atoms with van der Waals surface area (Å²) in [5.74, 6) is 0. The molecule has 6 heteroatoms. The maximum atomic E-state index is 5.01. The number of morpholine rings is 1. The molecule has 90 valence electrons. The number of hydrogen-bond donors (Lipinski definition) is 2. The van der Waals surface area contributed by atoms with Gasteiger partial charge in [0.05, 0.1) is 13.2 Å². The molecule has 3 nitrogen and oxygen atoms in total. The smallest absolute Gasteiger partial charge is 0.0591 e. The minimum Gasteiger partial charge on any atom is -0.379 e. The molecule has 0 aliphatic carbocycles. The first-order chi connectivity index (χ1) is 5.50. The first kappa shape index (κ1) is 20.5. The molecule has 0 radical (unpaired) electrons. The van der Waals surface area contributed by atoms with Crippen molar-refractivity contribution in [1.82, 2.24) is 10.6 Å². The highest BCUT2D eigenvalue weighted by atomic mass is 79.9. The number of nitrogens with one attached hydrogen (secondary N) is 2. The van der Waals surface area contributed by atoms with Gasteiger partial charge in [0.2, 0.25) is 0 Å². The Hall–Kier alpha value is 1.13. The number of hydrogen-bond acceptors (Lipinski definition) is 3. The molecular formula is C8H21Br2ClN2O. The van der Waals surface area contributed by atoms with Gasteiger partial charge in [-0.3, -0.25) is 0 Å². The average molecular weight is 357 g/mol. The van der Waals surface area contributed by atoms with Crippen molar-refractivity contribution in [3.05, 3.63) is 0 Å². The second-order valence-corrected chi connectivity index (χ2v) is 2.82. The monoisotopic (exact) mass is 354 g/mol. The molecule has 14 heavy (non-hydrogen) atoms. The van der Waals surface area contributed by atoms with Gasteiger partial charge < -0.3 is 15.4 Å². The van der Waals surface area contributed by atoms with Crippen molar-refractivity contribution in [3.8, 4) is 0 Å². The summed E-state index contributed by atoms with van der Waals surface area (Å²) in [6.45, 7) is 6.33. The van der Waals surface area contributed by atoms with Crippen molar-refractivity contribution in [1.29, 1.82) is 0 Å². The summed E-state index contributed by atoms with van der Waals surface area (Å²) < 4.78 is 5.01. The summed E-state index contributed by atoms with van der Waals surface area (Å²) in [5, 5.41) is 6.38. The molecule has 0 aromatic heterocycles. The van der Waals surface area contributed by atoms with E-state index < -0.39 is 0 Å². The molecule has 2 heterocycles. The van der Waals surface area contributed by atoms with Crippen molar-refractivity contribution >= 4 is 46.4 Å². The highest BCUT2D eigenvalue weighted by Crippen LogP contribution is 1.90. The molecule has 0 bridgehead atoms. The fourth-order valence-electron chi connectivity index (χ4n) is 1.14. The van der Waals surface area contributed by atoms with Crippen LogP contribution in [0.25, 0.3) is 0 Å². The van der Waals surface area contributed by atoms with Gasteiger partial charge in [-0.05, 0) is 25.9 Å². The van der Waals surface area contributed by atoms with Crippen LogP contribution in [0.5, 0.6) is 0 Å². The Labute approximate surface area is 114 Å². The number of ether oxygens (including phenoxy) is 1. The van der Waals surface area contributed by atoms with E-state index in [9.17, 15) is 0 Å². The Balaban J connectivity index is -0.000000144. The van der Waals surface area contributed by atoms with Gasteiger partial charge in [0.1, 0.15) is 0 Å². The van der Waals surface area contributed by atoms with Crippen molar-refractivity contribution in [2.75, 3.05) is 39.4 Å². The van der Waals surface area contributed by atoms with Crippen LogP contribution in [0.3, 0.4) is 0 Å². The van der Waals surface area contributed by atoms with E-state index in [1.165, 1.54) is 25.9 Å². The van der Waals surface area contributed by atoms with Gasteiger partial charge in [-0.25, -0.2) is 0 Å². The Bertz CT molecular complexity index is 74.3. The minimum atomic E-state index is 0. The van der Waals surface area contributed by atoms with Gasteiger partial charge >= 0.3 is 0 Å². The second kappa shape index (κ2) is 16.6. The lowest BCUT2D eigenvalue weighted by Gasteiger charge is -2.10. The highest BCUT2D eigenvalue weighted by Gasteiger charge is 1.93. The molecule has 0 aromatic carbocycles. The molecular weight excluding hydrogens is 335 g/mol. The quantitative estimate of drug-likeness (QED) is 0.691. The van der Waals surface area contributed by atoms with Gasteiger partial charge in [-0.1, -0.05) is 0 Å². The van der Waals surface area contributed by atoms with E-state index in [1.54, 1.807) is 0 Å². The third-order valence-electron chi connectivity index (χ3n) is 1.80. The largest absolute Gasteiger partial charge is 0.379 e. The van der Waals surface area contributed by atoms with Crippen LogP contribution in [0.1, 0.15) is 12.8 Å². The van der Waals surface area contributed by atoms with Gasteiger partial charge in [-0.2, -0.15) is 0 Å². The normalized spacial score (nSPS) is 18.9. The number of halogens is 3. The molecule has 2 saturated heterocycles. The van der Waals surface area contributed by atoms with Crippen molar-refractivity contribution in [2.45, 2.75) is 12.8 Å². The van der Waals surface area contributed by atoms with Crippen LogP contribution in [-0.2, 0) is 4.74 Å². The molecule has 0 amide bonds. The molecule has 2 rings (SSSR count). The predicted molar refractivity (Wildman–Crippen MR) is 73.7 cm³/mol. The maximum Gasteiger partial charge on any atom is 0.0591 e. The van der Waals surface area contributed by atoms with Crippen LogP contribution in [0.2, 0.25) is 0 Å². The van der Waals surface area contributed by atoms with Crippen LogP contribution in [0.4, 0.5) is 0 Å². The molecule has 2 fully saturated rings. The lowest BCUT2D eigenvalue weighted by atomic mass is 10.4. The minimum absolute atomic E-state index is 0. The molecule has 0 atom stereocenters. The van der Waals surface area contributed by atoms with Crippen LogP contribution in [-0.4, -0.2) is 39.4 Å². The highest BCUT2D eigenvalue weighted by molar-refractivity contribution is 8.93. The Morgan fingerprint density at radius 3 is 1.29 bits per heavy atom. The fourth-order valence-corrected chi connectivity index (χ4v) is 1.14. The van der Waals surface area contributed by atoms with E-state index >= 15 is 0 Å². The molecule has 0 spiro atoms. The van der Waals surface area contributed by atoms with Crippen molar-refractivity contribution < 1.29 is 4.74 Å². The summed E-state index contributed by atoms with van der Waals surface area (Å²) in [4.78, 5) is 0. The van der Waals surface area contributed by atoms with Crippen LogP contribution < -0.4 is 10.6 Å². The molecule has 2 N–H and O–H groups in total. The summed E-state index contributed by atoms with van der Waals surface area (Å²) >= 11 is 0. The van der Waals surface area contributed by atoms with Gasteiger partial charge in [0.15, 0.2) is 0 Å². The standard InChI is InChI=1S/C4H9NO.C4H9N.2BrH.ClH/c1-3-6-4-2-5-1;1-2-4-5-3-1;;;/h5H,1-4H2;5H,1-4H2;3*1H. The molecule has 0 unspecified atom stereocenters. The van der Waals surface area contributed by atoms with Crippen molar-refractivity contribution in [3.63, 3.8) is 0 Å². The molecule has 2 aliphatic rings. The molecule has 0 saturated carbocycles. The van der Waals surface area contributed by atoms with Gasteiger partial charge in [0, 0.05) is 13.1 Å². The maximum absolute atomic E-state index is 5.01. The Kier molecular flexibility index (Phi) is 24.3. The van der Waals surface area contributed by atoms with Crippen molar-refractivity contribution in [2.24, 2.45) is 0 Å².